The van der Waals surface area contributed by atoms with Crippen molar-refractivity contribution in [1.82, 2.24) is 5.32 Å². The third-order valence-corrected chi connectivity index (χ3v) is 5.06. The summed E-state index contributed by atoms with van der Waals surface area (Å²) in [6.45, 7) is 7.03. The molecule has 1 atom stereocenters. The molecule has 1 saturated heterocycles. The van der Waals surface area contributed by atoms with Gasteiger partial charge in [-0.15, -0.1) is 4.91 Å². The van der Waals surface area contributed by atoms with Crippen molar-refractivity contribution >= 4 is 11.5 Å². The highest BCUT2D eigenvalue weighted by Gasteiger charge is 2.30. The second-order valence-electron chi connectivity index (χ2n) is 7.02. The molecule has 6 heteroatoms. The number of nitroso groups, excluding NO2 is 1. The molecule has 3 rings (SSSR count). The fourth-order valence-electron chi connectivity index (χ4n) is 4.04. The van der Waals surface area contributed by atoms with E-state index in [1.807, 2.05) is 4.90 Å². The van der Waals surface area contributed by atoms with Gasteiger partial charge in [0.05, 0.1) is 12.0 Å². The molecule has 6 nitrogen and oxygen atoms in total. The molecule has 0 radical (unpaired) electrons. The minimum atomic E-state index is -0.777. The summed E-state index contributed by atoms with van der Waals surface area (Å²) >= 11 is 0. The molecule has 2 aromatic rings. The van der Waals surface area contributed by atoms with Gasteiger partial charge in [0.1, 0.15) is 11.6 Å². The van der Waals surface area contributed by atoms with E-state index < -0.39 is 6.04 Å². The van der Waals surface area contributed by atoms with Crippen molar-refractivity contribution in [3.05, 3.63) is 69.2 Å². The molecule has 0 aliphatic carbocycles. The Morgan fingerprint density at radius 3 is 2.56 bits per heavy atom. The number of benzene rings is 1. The number of amidine groups is 1. The highest BCUT2D eigenvalue weighted by molar-refractivity contribution is 6.09. The van der Waals surface area contributed by atoms with Crippen LogP contribution in [0.25, 0.3) is 0 Å². The molecule has 0 spiro atoms. The number of anilines is 1. The molecule has 1 aliphatic heterocycles. The first kappa shape index (κ1) is 18.9. The van der Waals surface area contributed by atoms with Crippen molar-refractivity contribution in [2.75, 3.05) is 18.5 Å². The molecule has 0 amide bonds. The van der Waals surface area contributed by atoms with Crippen molar-refractivity contribution < 1.29 is 4.42 Å². The molecule has 1 aromatic carbocycles. The van der Waals surface area contributed by atoms with Crippen LogP contribution in [0, 0.1) is 31.1 Å². The maximum absolute atomic E-state index is 11.6. The van der Waals surface area contributed by atoms with E-state index in [2.05, 4.69) is 43.4 Å². The minimum Gasteiger partial charge on any atom is -0.466 e. The SMILES string of the molecule is CN/C(=C1/CCCN(c2c(C)cc(C)cc2C)C1=N)C(N=O)c1ccco1. The summed E-state index contributed by atoms with van der Waals surface area (Å²) in [5.41, 5.74) is 6.04. The summed E-state index contributed by atoms with van der Waals surface area (Å²) in [5.74, 6) is 0.898. The van der Waals surface area contributed by atoms with Gasteiger partial charge in [-0.25, -0.2) is 0 Å². The van der Waals surface area contributed by atoms with Crippen molar-refractivity contribution in [2.24, 2.45) is 5.18 Å². The summed E-state index contributed by atoms with van der Waals surface area (Å²) in [4.78, 5) is 13.6. The number of hydrogen-bond donors (Lipinski definition) is 2. The zero-order valence-corrected chi connectivity index (χ0v) is 16.3. The Labute approximate surface area is 159 Å². The summed E-state index contributed by atoms with van der Waals surface area (Å²) < 4.78 is 5.41. The van der Waals surface area contributed by atoms with Crippen LogP contribution >= 0.6 is 0 Å². The quantitative estimate of drug-likeness (QED) is 0.747. The number of hydrogen-bond acceptors (Lipinski definition) is 5. The molecular formula is C21H26N4O2. The topological polar surface area (TPSA) is 81.7 Å². The monoisotopic (exact) mass is 366 g/mol. The van der Waals surface area contributed by atoms with Crippen molar-refractivity contribution in [2.45, 2.75) is 39.7 Å². The zero-order valence-electron chi connectivity index (χ0n) is 16.3. The average Bonchev–Trinajstić information content (AvgIpc) is 3.15. The number of rotatable bonds is 5. The summed E-state index contributed by atoms with van der Waals surface area (Å²) in [6, 6.07) is 6.99. The molecule has 1 aromatic heterocycles. The number of likely N-dealkylation sites (N-methyl/N-ethyl adjacent to an activating group) is 1. The highest BCUT2D eigenvalue weighted by Crippen LogP contribution is 2.35. The average molecular weight is 366 g/mol. The number of nitrogens with one attached hydrogen (secondary N) is 2. The van der Waals surface area contributed by atoms with Gasteiger partial charge in [0, 0.05) is 24.9 Å². The van der Waals surface area contributed by atoms with Gasteiger partial charge in [-0.3, -0.25) is 5.41 Å². The number of furan rings is 1. The minimum absolute atomic E-state index is 0.417. The standard InChI is InChI=1S/C21H26N4O2/c1-13-11-14(2)20(15(3)12-13)25-9-5-7-16(21(25)22)18(23-4)19(24-26)17-8-6-10-27-17/h6,8,10-12,19,22-23H,5,7,9H2,1-4H3/b18-16-,22-21?. The van der Waals surface area contributed by atoms with Gasteiger partial charge in [-0.2, -0.15) is 0 Å². The zero-order chi connectivity index (χ0) is 19.6. The van der Waals surface area contributed by atoms with Gasteiger partial charge < -0.3 is 14.6 Å². The summed E-state index contributed by atoms with van der Waals surface area (Å²) in [6.07, 6.45) is 3.16. The lowest BCUT2D eigenvalue weighted by atomic mass is 9.94. The van der Waals surface area contributed by atoms with E-state index in [0.29, 0.717) is 17.3 Å². The Morgan fingerprint density at radius 2 is 2.00 bits per heavy atom. The smallest absolute Gasteiger partial charge is 0.189 e. The third-order valence-electron chi connectivity index (χ3n) is 5.06. The first-order valence-corrected chi connectivity index (χ1v) is 9.18. The van der Waals surface area contributed by atoms with Crippen LogP contribution in [0.4, 0.5) is 5.69 Å². The fraction of sp³-hybridized carbons (Fsp3) is 0.381. The van der Waals surface area contributed by atoms with E-state index in [1.54, 1.807) is 19.2 Å². The molecule has 142 valence electrons. The van der Waals surface area contributed by atoms with Crippen LogP contribution in [0.1, 0.15) is 41.3 Å². The normalized spacial score (nSPS) is 17.6. The Balaban J connectivity index is 2.05. The molecule has 0 saturated carbocycles. The highest BCUT2D eigenvalue weighted by atomic mass is 16.3. The second-order valence-corrected chi connectivity index (χ2v) is 7.02. The lowest BCUT2D eigenvalue weighted by molar-refractivity contribution is 0.478. The van der Waals surface area contributed by atoms with Crippen LogP contribution in [0.15, 0.2) is 51.4 Å². The van der Waals surface area contributed by atoms with Gasteiger partial charge in [0.25, 0.3) is 0 Å². The van der Waals surface area contributed by atoms with Gasteiger partial charge >= 0.3 is 0 Å². The van der Waals surface area contributed by atoms with Crippen molar-refractivity contribution in [3.8, 4) is 0 Å². The van der Waals surface area contributed by atoms with E-state index in [1.165, 1.54) is 11.8 Å². The number of nitrogens with zero attached hydrogens (tertiary/aromatic N) is 2. The first-order chi connectivity index (χ1) is 13.0. The maximum atomic E-state index is 11.6. The molecule has 1 unspecified atom stereocenters. The van der Waals surface area contributed by atoms with E-state index >= 15 is 0 Å². The molecule has 27 heavy (non-hydrogen) atoms. The fourth-order valence-corrected chi connectivity index (χ4v) is 4.04. The van der Waals surface area contributed by atoms with E-state index in [0.717, 1.165) is 41.8 Å². The van der Waals surface area contributed by atoms with Crippen LogP contribution < -0.4 is 10.2 Å². The number of aryl methyl sites for hydroxylation is 3. The predicted octanol–water partition coefficient (Wildman–Crippen LogP) is 4.76. The van der Waals surface area contributed by atoms with E-state index in [4.69, 9.17) is 9.83 Å². The van der Waals surface area contributed by atoms with Crippen molar-refractivity contribution in [1.29, 1.82) is 5.41 Å². The van der Waals surface area contributed by atoms with Gasteiger partial charge in [0.2, 0.25) is 0 Å². The Bertz CT molecular complexity index is 861. The molecule has 0 bridgehead atoms. The van der Waals surface area contributed by atoms with Gasteiger partial charge in [-0.05, 0) is 56.9 Å². The molecule has 1 fully saturated rings. The van der Waals surface area contributed by atoms with Crippen LogP contribution in [-0.2, 0) is 0 Å². The Hall–Kier alpha value is -2.89. The lowest BCUT2D eigenvalue weighted by Gasteiger charge is -2.35. The van der Waals surface area contributed by atoms with Crippen LogP contribution in [0.5, 0.6) is 0 Å². The summed E-state index contributed by atoms with van der Waals surface area (Å²) in [7, 11) is 1.76. The Kier molecular flexibility index (Phi) is 5.44. The lowest BCUT2D eigenvalue weighted by Crippen LogP contribution is -2.39. The largest absolute Gasteiger partial charge is 0.466 e. The second kappa shape index (κ2) is 7.78. The molecule has 2 heterocycles. The molecule has 2 N–H and O–H groups in total. The van der Waals surface area contributed by atoms with Crippen LogP contribution in [0.2, 0.25) is 0 Å². The van der Waals surface area contributed by atoms with Gasteiger partial charge in [-0.1, -0.05) is 22.9 Å². The van der Waals surface area contributed by atoms with E-state index in [-0.39, 0.29) is 0 Å². The number of piperidine rings is 1. The Morgan fingerprint density at radius 1 is 1.30 bits per heavy atom. The van der Waals surface area contributed by atoms with Gasteiger partial charge in [0.15, 0.2) is 6.04 Å². The van der Waals surface area contributed by atoms with Crippen molar-refractivity contribution in [3.63, 3.8) is 0 Å². The third kappa shape index (κ3) is 3.52. The van der Waals surface area contributed by atoms with E-state index in [9.17, 15) is 4.91 Å². The van der Waals surface area contributed by atoms with Crippen LogP contribution in [-0.4, -0.2) is 19.4 Å². The molecular weight excluding hydrogens is 340 g/mol. The maximum Gasteiger partial charge on any atom is 0.189 e. The van der Waals surface area contributed by atoms with Crippen LogP contribution in [0.3, 0.4) is 0 Å². The predicted molar refractivity (Wildman–Crippen MR) is 108 cm³/mol. The summed E-state index contributed by atoms with van der Waals surface area (Å²) in [5, 5.41) is 15.3. The first-order valence-electron chi connectivity index (χ1n) is 9.18. The molecule has 1 aliphatic rings.